The van der Waals surface area contributed by atoms with Gasteiger partial charge in [0, 0.05) is 23.1 Å². The van der Waals surface area contributed by atoms with Crippen molar-refractivity contribution in [3.8, 4) is 5.75 Å². The summed E-state index contributed by atoms with van der Waals surface area (Å²) in [5.41, 5.74) is 0.271. The zero-order chi connectivity index (χ0) is 15.3. The van der Waals surface area contributed by atoms with Crippen molar-refractivity contribution < 1.29 is 22.7 Å². The number of carbonyl (C=O) groups is 1. The Bertz CT molecular complexity index is 597. The molecule has 0 saturated heterocycles. The third kappa shape index (κ3) is 5.47. The van der Waals surface area contributed by atoms with Crippen molar-refractivity contribution in [1.29, 1.82) is 0 Å². The fourth-order valence-electron chi connectivity index (χ4n) is 1.69. The zero-order valence-corrected chi connectivity index (χ0v) is 11.6. The minimum absolute atomic E-state index is 0.257. The van der Waals surface area contributed by atoms with Gasteiger partial charge >= 0.3 is 6.36 Å². The first-order chi connectivity index (χ1) is 9.92. The standard InChI is InChI=1S/C14H12F3NO2S/c15-14(16,17)20-11-4-1-3-10(9-11)18-13(19)7-6-12-5-2-8-21-12/h1-5,8-9H,6-7H2,(H,18,19). The van der Waals surface area contributed by atoms with Crippen LogP contribution in [0.3, 0.4) is 0 Å². The highest BCUT2D eigenvalue weighted by Gasteiger charge is 2.31. The molecule has 0 bridgehead atoms. The Morgan fingerprint density at radius 2 is 2.05 bits per heavy atom. The number of amides is 1. The second kappa shape index (κ2) is 6.62. The first kappa shape index (κ1) is 15.4. The van der Waals surface area contributed by atoms with Gasteiger partial charge in [0.05, 0.1) is 0 Å². The highest BCUT2D eigenvalue weighted by atomic mass is 32.1. The molecule has 3 nitrogen and oxygen atoms in total. The molecule has 0 unspecified atom stereocenters. The van der Waals surface area contributed by atoms with Crippen LogP contribution in [0.15, 0.2) is 41.8 Å². The fraction of sp³-hybridized carbons (Fsp3) is 0.214. The summed E-state index contributed by atoms with van der Waals surface area (Å²) in [6.45, 7) is 0. The first-order valence-electron chi connectivity index (χ1n) is 6.10. The van der Waals surface area contributed by atoms with Crippen molar-refractivity contribution in [3.05, 3.63) is 46.7 Å². The average Bonchev–Trinajstić information content (AvgIpc) is 2.87. The Labute approximate surface area is 123 Å². The minimum atomic E-state index is -4.75. The first-order valence-corrected chi connectivity index (χ1v) is 6.98. The van der Waals surface area contributed by atoms with E-state index in [0.29, 0.717) is 6.42 Å². The van der Waals surface area contributed by atoms with Crippen LogP contribution in [0.4, 0.5) is 18.9 Å². The number of alkyl halides is 3. The maximum Gasteiger partial charge on any atom is 0.573 e. The SMILES string of the molecule is O=C(CCc1cccs1)Nc1cccc(OC(F)(F)F)c1. The lowest BCUT2D eigenvalue weighted by atomic mass is 10.2. The summed E-state index contributed by atoms with van der Waals surface area (Å²) in [5.74, 6) is -0.619. The predicted molar refractivity (Wildman–Crippen MR) is 74.4 cm³/mol. The van der Waals surface area contributed by atoms with Crippen molar-refractivity contribution in [1.82, 2.24) is 0 Å². The molecule has 0 atom stereocenters. The summed E-state index contributed by atoms with van der Waals surface area (Å²) in [6.07, 6.45) is -3.88. The van der Waals surface area contributed by atoms with Crippen molar-refractivity contribution in [2.75, 3.05) is 5.32 Å². The number of hydrogen-bond acceptors (Lipinski definition) is 3. The lowest BCUT2D eigenvalue weighted by molar-refractivity contribution is -0.274. The lowest BCUT2D eigenvalue weighted by Gasteiger charge is -2.10. The van der Waals surface area contributed by atoms with E-state index in [9.17, 15) is 18.0 Å². The third-order valence-electron chi connectivity index (χ3n) is 2.53. The Balaban J connectivity index is 1.90. The van der Waals surface area contributed by atoms with E-state index in [4.69, 9.17) is 0 Å². The molecule has 1 aromatic carbocycles. The number of hydrogen-bond donors (Lipinski definition) is 1. The van der Waals surface area contributed by atoms with E-state index in [1.54, 1.807) is 11.3 Å². The van der Waals surface area contributed by atoms with E-state index in [0.717, 1.165) is 10.9 Å². The normalized spacial score (nSPS) is 11.2. The number of benzene rings is 1. The molecule has 1 heterocycles. The number of ether oxygens (including phenoxy) is 1. The Morgan fingerprint density at radius 3 is 2.71 bits per heavy atom. The monoisotopic (exact) mass is 315 g/mol. The highest BCUT2D eigenvalue weighted by Crippen LogP contribution is 2.25. The van der Waals surface area contributed by atoms with Crippen LogP contribution < -0.4 is 10.1 Å². The second-order valence-electron chi connectivity index (χ2n) is 4.20. The minimum Gasteiger partial charge on any atom is -0.406 e. The molecule has 0 aliphatic rings. The molecule has 0 saturated carbocycles. The number of anilines is 1. The van der Waals surface area contributed by atoms with Gasteiger partial charge < -0.3 is 10.1 Å². The van der Waals surface area contributed by atoms with Crippen LogP contribution >= 0.6 is 11.3 Å². The van der Waals surface area contributed by atoms with E-state index < -0.39 is 6.36 Å². The van der Waals surface area contributed by atoms with Gasteiger partial charge in [0.15, 0.2) is 0 Å². The van der Waals surface area contributed by atoms with Gasteiger partial charge in [-0.15, -0.1) is 24.5 Å². The smallest absolute Gasteiger partial charge is 0.406 e. The number of rotatable bonds is 5. The molecule has 7 heteroatoms. The molecule has 0 aliphatic carbocycles. The number of thiophene rings is 1. The summed E-state index contributed by atoms with van der Waals surface area (Å²) in [5, 5.41) is 4.47. The molecule has 2 rings (SSSR count). The third-order valence-corrected chi connectivity index (χ3v) is 3.47. The van der Waals surface area contributed by atoms with Crippen LogP contribution in [0.1, 0.15) is 11.3 Å². The Hall–Kier alpha value is -2.02. The second-order valence-corrected chi connectivity index (χ2v) is 5.24. The highest BCUT2D eigenvalue weighted by molar-refractivity contribution is 7.09. The van der Waals surface area contributed by atoms with Crippen LogP contribution in [-0.2, 0) is 11.2 Å². The van der Waals surface area contributed by atoms with Gasteiger partial charge in [-0.3, -0.25) is 4.79 Å². The van der Waals surface area contributed by atoms with E-state index in [2.05, 4.69) is 10.1 Å². The molecule has 1 amide bonds. The average molecular weight is 315 g/mol. The van der Waals surface area contributed by atoms with Gasteiger partial charge in [-0.2, -0.15) is 0 Å². The quantitative estimate of drug-likeness (QED) is 0.897. The molecule has 0 radical (unpaired) electrons. The zero-order valence-electron chi connectivity index (χ0n) is 10.8. The summed E-state index contributed by atoms with van der Waals surface area (Å²) >= 11 is 1.56. The maximum absolute atomic E-state index is 12.1. The van der Waals surface area contributed by atoms with Crippen molar-refractivity contribution in [2.24, 2.45) is 0 Å². The van der Waals surface area contributed by atoms with E-state index >= 15 is 0 Å². The van der Waals surface area contributed by atoms with Crippen LogP contribution in [-0.4, -0.2) is 12.3 Å². The topological polar surface area (TPSA) is 38.3 Å². The fourth-order valence-corrected chi connectivity index (χ4v) is 2.39. The molecular formula is C14H12F3NO2S. The van der Waals surface area contributed by atoms with Gasteiger partial charge in [-0.25, -0.2) is 0 Å². The number of nitrogens with one attached hydrogen (secondary N) is 1. The lowest BCUT2D eigenvalue weighted by Crippen LogP contribution is -2.17. The number of aryl methyl sites for hydroxylation is 1. The maximum atomic E-state index is 12.1. The molecule has 0 spiro atoms. The summed E-state index contributed by atoms with van der Waals surface area (Å²) in [6, 6.07) is 9.03. The molecule has 112 valence electrons. The van der Waals surface area contributed by atoms with E-state index in [1.807, 2.05) is 17.5 Å². The molecule has 1 N–H and O–H groups in total. The van der Waals surface area contributed by atoms with E-state index in [1.165, 1.54) is 18.2 Å². The van der Waals surface area contributed by atoms with Gasteiger partial charge in [0.25, 0.3) is 0 Å². The number of carbonyl (C=O) groups excluding carboxylic acids is 1. The van der Waals surface area contributed by atoms with Crippen molar-refractivity contribution >= 4 is 22.9 Å². The summed E-state index contributed by atoms with van der Waals surface area (Å²) in [7, 11) is 0. The number of halogens is 3. The van der Waals surface area contributed by atoms with Crippen LogP contribution in [0, 0.1) is 0 Å². The predicted octanol–water partition coefficient (Wildman–Crippen LogP) is 4.22. The Kier molecular flexibility index (Phi) is 4.85. The van der Waals surface area contributed by atoms with Gasteiger partial charge in [-0.05, 0) is 30.0 Å². The van der Waals surface area contributed by atoms with Gasteiger partial charge in [0.1, 0.15) is 5.75 Å². The van der Waals surface area contributed by atoms with Gasteiger partial charge in [-0.1, -0.05) is 12.1 Å². The van der Waals surface area contributed by atoms with Crippen LogP contribution in [0.5, 0.6) is 5.75 Å². The molecule has 0 aliphatic heterocycles. The largest absolute Gasteiger partial charge is 0.573 e. The van der Waals surface area contributed by atoms with E-state index in [-0.39, 0.29) is 23.8 Å². The van der Waals surface area contributed by atoms with Crippen LogP contribution in [0.25, 0.3) is 0 Å². The summed E-state index contributed by atoms with van der Waals surface area (Å²) in [4.78, 5) is 12.8. The van der Waals surface area contributed by atoms with Crippen molar-refractivity contribution in [2.45, 2.75) is 19.2 Å². The van der Waals surface area contributed by atoms with Crippen LogP contribution in [0.2, 0.25) is 0 Å². The molecular weight excluding hydrogens is 303 g/mol. The van der Waals surface area contributed by atoms with Crippen molar-refractivity contribution in [3.63, 3.8) is 0 Å². The molecule has 1 aromatic heterocycles. The Morgan fingerprint density at radius 1 is 1.24 bits per heavy atom. The molecule has 0 fully saturated rings. The summed E-state index contributed by atoms with van der Waals surface area (Å²) < 4.78 is 40.1. The van der Waals surface area contributed by atoms with Gasteiger partial charge in [0.2, 0.25) is 5.91 Å². The molecule has 2 aromatic rings. The molecule has 21 heavy (non-hydrogen) atoms.